The Bertz CT molecular complexity index is 1880. The van der Waals surface area contributed by atoms with Crippen molar-refractivity contribution in [3.05, 3.63) is 83.3 Å². The number of benzene rings is 3. The largest absolute Gasteiger partial charge is 0.512 e. The number of carbonyl (C=O) groups excluding carboxylic acids is 1. The van der Waals surface area contributed by atoms with E-state index in [1.165, 1.54) is 18.2 Å². The Morgan fingerprint density at radius 1 is 0.905 bits per heavy atom. The van der Waals surface area contributed by atoms with Gasteiger partial charge in [-0.25, -0.2) is 22.5 Å². The number of aliphatic hydroxyl groups is 1. The van der Waals surface area contributed by atoms with Crippen molar-refractivity contribution >= 4 is 27.5 Å². The van der Waals surface area contributed by atoms with Gasteiger partial charge < -0.3 is 5.11 Å². The predicted molar refractivity (Wildman–Crippen MR) is 154 cm³/mol. The third-order valence-corrected chi connectivity index (χ3v) is 6.23. The minimum absolute atomic E-state index is 0. The van der Waals surface area contributed by atoms with Crippen LogP contribution in [0.25, 0.3) is 32.9 Å². The van der Waals surface area contributed by atoms with E-state index in [1.807, 2.05) is 62.3 Å². The molecule has 1 aromatic heterocycles. The fraction of sp³-hybridized carbons (Fsp3) is 0.364. The molecule has 1 radical (unpaired) electrons. The molecule has 1 heterocycles. The quantitative estimate of drug-likeness (QED) is 0.0553. The molecule has 0 amide bonds. The van der Waals surface area contributed by atoms with Crippen LogP contribution in [0, 0.1) is 40.2 Å². The third kappa shape index (κ3) is 7.42. The van der Waals surface area contributed by atoms with Gasteiger partial charge in [-0.15, -0.1) is 29.1 Å². The van der Waals surface area contributed by atoms with Gasteiger partial charge >= 0.3 is 0 Å². The molecule has 0 unspecified atom stereocenters. The molecule has 42 heavy (non-hydrogen) atoms. The average molecular weight is 764 g/mol. The van der Waals surface area contributed by atoms with Crippen molar-refractivity contribution in [3.63, 3.8) is 0 Å². The Balaban J connectivity index is 0.000000449. The van der Waals surface area contributed by atoms with Crippen molar-refractivity contribution in [3.8, 4) is 11.3 Å². The van der Waals surface area contributed by atoms with Crippen molar-refractivity contribution in [1.29, 1.82) is 0 Å². The second-order valence-corrected chi connectivity index (χ2v) is 12.7. The Morgan fingerprint density at radius 3 is 2.05 bits per heavy atom. The van der Waals surface area contributed by atoms with E-state index in [0.29, 0.717) is 10.9 Å². The first-order valence-corrected chi connectivity index (χ1v) is 12.8. The van der Waals surface area contributed by atoms with Crippen LogP contribution in [-0.4, -0.2) is 20.9 Å². The van der Waals surface area contributed by atoms with E-state index in [2.05, 4.69) is 16.0 Å². The molecule has 0 bridgehead atoms. The minimum Gasteiger partial charge on any atom is -0.512 e. The monoisotopic (exact) mass is 764 g/mol. The van der Waals surface area contributed by atoms with Crippen LogP contribution < -0.4 is 0 Å². The van der Waals surface area contributed by atoms with E-state index in [1.54, 1.807) is 0 Å². The second kappa shape index (κ2) is 12.6. The summed E-state index contributed by atoms with van der Waals surface area (Å²) in [5.41, 5.74) is -2.07. The molecule has 4 rings (SSSR count). The average Bonchev–Trinajstić information content (AvgIpc) is 2.91. The van der Waals surface area contributed by atoms with Gasteiger partial charge in [-0.05, 0) is 5.41 Å². The zero-order valence-electron chi connectivity index (χ0n) is 28.8. The van der Waals surface area contributed by atoms with Crippen LogP contribution in [-0.2, 0) is 30.3 Å². The fourth-order valence-electron chi connectivity index (χ4n) is 3.67. The van der Waals surface area contributed by atoms with E-state index < -0.39 is 57.0 Å². The first-order valence-electron chi connectivity index (χ1n) is 14.8. The molecule has 4 aromatic rings. The van der Waals surface area contributed by atoms with Crippen LogP contribution >= 0.6 is 0 Å². The van der Waals surface area contributed by atoms with Gasteiger partial charge in [0, 0.05) is 49.5 Å². The summed E-state index contributed by atoms with van der Waals surface area (Å²) >= 11 is 0. The van der Waals surface area contributed by atoms with Crippen molar-refractivity contribution in [2.45, 2.75) is 67.7 Å². The molecule has 4 nitrogen and oxygen atoms in total. The summed E-state index contributed by atoms with van der Waals surface area (Å²) in [6, 6.07) is 4.91. The molecule has 0 aliphatic heterocycles. The van der Waals surface area contributed by atoms with Gasteiger partial charge in [0.05, 0.1) is 2.74 Å². The van der Waals surface area contributed by atoms with E-state index in [-0.39, 0.29) is 66.1 Å². The molecule has 3 aromatic carbocycles. The SMILES string of the molecule is CC(C)(C)C(=O)/C=C(\O)C(C)(C)C.[2H]c1nc(-c2[c-]c3c([2H])c([2H])c([2H])cc3c(C(C)(C)C)c2)c2c(F)c(F)c(F)c(F)c2n1.[Ir]. The van der Waals surface area contributed by atoms with Gasteiger partial charge in [0.1, 0.15) is 18.9 Å². The normalized spacial score (nSPS) is 13.9. The number of nitrogens with zero attached hydrogens (tertiary/aromatic N) is 2. The molecule has 0 saturated carbocycles. The number of hydrogen-bond donors (Lipinski definition) is 1. The van der Waals surface area contributed by atoms with Crippen LogP contribution in [0.2, 0.25) is 0 Å². The third-order valence-electron chi connectivity index (χ3n) is 6.23. The summed E-state index contributed by atoms with van der Waals surface area (Å²) in [5.74, 6) is -7.45. The smallest absolute Gasteiger partial charge is 0.199 e. The minimum atomic E-state index is -2.05. The first kappa shape index (κ1) is 28.9. The first-order chi connectivity index (χ1) is 20.4. The molecule has 1 N–H and O–H groups in total. The topological polar surface area (TPSA) is 63.1 Å². The van der Waals surface area contributed by atoms with Crippen molar-refractivity contribution in [2.24, 2.45) is 10.8 Å². The molecular formula is C33H35F4IrN2O2-. The Hall–Kier alpha value is -3.16. The van der Waals surface area contributed by atoms with Gasteiger partial charge in [0.25, 0.3) is 0 Å². The number of carbonyl (C=O) groups is 1. The zero-order valence-corrected chi connectivity index (χ0v) is 27.2. The molecule has 0 atom stereocenters. The molecule has 0 saturated heterocycles. The molecular weight excluding hydrogens is 725 g/mol. The number of ketones is 1. The van der Waals surface area contributed by atoms with Crippen LogP contribution in [0.1, 0.15) is 73.4 Å². The number of halogens is 4. The zero-order chi connectivity index (χ0) is 34.6. The number of aliphatic hydroxyl groups excluding tert-OH is 1. The van der Waals surface area contributed by atoms with Crippen LogP contribution in [0.3, 0.4) is 0 Å². The number of aromatic nitrogens is 2. The Labute approximate surface area is 263 Å². The summed E-state index contributed by atoms with van der Waals surface area (Å²) in [4.78, 5) is 18.7. The number of rotatable bonds is 2. The molecule has 0 aliphatic rings. The maximum atomic E-state index is 14.7. The van der Waals surface area contributed by atoms with Crippen molar-refractivity contribution in [2.75, 3.05) is 0 Å². The summed E-state index contributed by atoms with van der Waals surface area (Å²) in [5, 5.41) is 9.38. The summed E-state index contributed by atoms with van der Waals surface area (Å²) < 4.78 is 88.8. The van der Waals surface area contributed by atoms with Crippen LogP contribution in [0.5, 0.6) is 0 Å². The Morgan fingerprint density at radius 2 is 1.50 bits per heavy atom. The number of hydrogen-bond acceptors (Lipinski definition) is 4. The van der Waals surface area contributed by atoms with Gasteiger partial charge in [-0.3, -0.25) is 9.78 Å². The van der Waals surface area contributed by atoms with Gasteiger partial charge in [-0.1, -0.05) is 91.4 Å². The standard InChI is InChI=1S/C22H15F4N2.C11H20O2.Ir/c1-22(2,3)14-9-12(8-11-6-4-5-7-13(11)14)20-15-16(23)17(24)18(25)19(26)21(15)28-10-27-20;1-10(2,3)8(12)7-9(13)11(4,5)6;/h4-7,9-10H,1-3H3;7,12H,1-6H3;/q-1;;/b;8-7-;/i4D,5D,6D,10D;;. The molecule has 9 heteroatoms. The van der Waals surface area contributed by atoms with E-state index >= 15 is 0 Å². The van der Waals surface area contributed by atoms with E-state index in [9.17, 15) is 27.5 Å². The van der Waals surface area contributed by atoms with Crippen molar-refractivity contribution in [1.82, 2.24) is 9.97 Å². The van der Waals surface area contributed by atoms with E-state index in [0.717, 1.165) is 0 Å². The van der Waals surface area contributed by atoms with Crippen LogP contribution in [0.15, 0.2) is 48.4 Å². The van der Waals surface area contributed by atoms with Crippen molar-refractivity contribution < 1.29 is 53.1 Å². The number of fused-ring (bicyclic) bond motifs is 2. The summed E-state index contributed by atoms with van der Waals surface area (Å²) in [6.45, 7) is 16.6. The maximum Gasteiger partial charge on any atom is 0.199 e. The van der Waals surface area contributed by atoms with Crippen LogP contribution in [0.4, 0.5) is 17.6 Å². The summed E-state index contributed by atoms with van der Waals surface area (Å²) in [6.07, 6.45) is 0.580. The van der Waals surface area contributed by atoms with E-state index in [4.69, 9.17) is 5.48 Å². The number of allylic oxidation sites excluding steroid dienone is 2. The second-order valence-electron chi connectivity index (χ2n) is 12.7. The van der Waals surface area contributed by atoms with Gasteiger partial charge in [-0.2, -0.15) is 0 Å². The molecule has 227 valence electrons. The molecule has 0 aliphatic carbocycles. The van der Waals surface area contributed by atoms with Gasteiger partial charge in [0.15, 0.2) is 29.1 Å². The van der Waals surface area contributed by atoms with Gasteiger partial charge in [0.2, 0.25) is 0 Å². The predicted octanol–water partition coefficient (Wildman–Crippen LogP) is 9.19. The fourth-order valence-corrected chi connectivity index (χ4v) is 3.67. The maximum absolute atomic E-state index is 14.7. The molecule has 0 spiro atoms. The Kier molecular flexibility index (Phi) is 8.68. The summed E-state index contributed by atoms with van der Waals surface area (Å²) in [7, 11) is 0. The molecule has 0 fully saturated rings.